The molecule has 156 valence electrons. The third-order valence-electron chi connectivity index (χ3n) is 7.42. The predicted octanol–water partition coefficient (Wildman–Crippen LogP) is 4.65. The lowest BCUT2D eigenvalue weighted by Gasteiger charge is -2.35. The summed E-state index contributed by atoms with van der Waals surface area (Å²) in [6.45, 7) is 2.22. The predicted molar refractivity (Wildman–Crippen MR) is 118 cm³/mol. The van der Waals surface area contributed by atoms with Gasteiger partial charge in [-0.25, -0.2) is 0 Å². The van der Waals surface area contributed by atoms with E-state index in [1.165, 1.54) is 47.0 Å². The molecule has 0 saturated carbocycles. The maximum Gasteiger partial charge on any atom is 0.128 e. The average molecular weight is 404 g/mol. The molecule has 5 heteroatoms. The summed E-state index contributed by atoms with van der Waals surface area (Å²) in [5.74, 6) is 1.77. The molecule has 0 aliphatic carbocycles. The van der Waals surface area contributed by atoms with Gasteiger partial charge in [0.2, 0.25) is 0 Å². The van der Waals surface area contributed by atoms with Gasteiger partial charge in [-0.3, -0.25) is 9.80 Å². The van der Waals surface area contributed by atoms with Gasteiger partial charge >= 0.3 is 0 Å². The number of aromatic amines is 1. The highest BCUT2D eigenvalue weighted by atomic mass is 16.5. The van der Waals surface area contributed by atoms with Gasteiger partial charge in [0.05, 0.1) is 26.4 Å². The third kappa shape index (κ3) is 2.55. The van der Waals surface area contributed by atoms with Crippen LogP contribution in [-0.4, -0.2) is 48.1 Å². The molecule has 3 aromatic rings. The van der Waals surface area contributed by atoms with Crippen molar-refractivity contribution in [3.05, 3.63) is 59.3 Å². The summed E-state index contributed by atoms with van der Waals surface area (Å²) in [7, 11) is 3.48. The maximum absolute atomic E-state index is 5.84. The quantitative estimate of drug-likeness (QED) is 0.691. The molecule has 2 fully saturated rings. The third-order valence-corrected chi connectivity index (χ3v) is 7.42. The van der Waals surface area contributed by atoms with Crippen LogP contribution in [-0.2, 0) is 6.42 Å². The summed E-state index contributed by atoms with van der Waals surface area (Å²) in [5.41, 5.74) is 5.50. The van der Waals surface area contributed by atoms with Crippen molar-refractivity contribution >= 4 is 10.9 Å². The Morgan fingerprint density at radius 1 is 0.967 bits per heavy atom. The minimum absolute atomic E-state index is 0.251. The molecular formula is C25H29N3O2. The van der Waals surface area contributed by atoms with Crippen molar-refractivity contribution in [3.8, 4) is 11.5 Å². The van der Waals surface area contributed by atoms with Gasteiger partial charge in [0.15, 0.2) is 0 Å². The van der Waals surface area contributed by atoms with Crippen LogP contribution < -0.4 is 9.47 Å². The Morgan fingerprint density at radius 2 is 1.87 bits per heavy atom. The zero-order chi connectivity index (χ0) is 20.2. The van der Waals surface area contributed by atoms with E-state index in [-0.39, 0.29) is 6.17 Å². The highest BCUT2D eigenvalue weighted by Crippen LogP contribution is 2.53. The number of hydrogen-bond acceptors (Lipinski definition) is 4. The number of piperidine rings is 1. The first-order valence-electron chi connectivity index (χ1n) is 11.1. The van der Waals surface area contributed by atoms with E-state index < -0.39 is 0 Å². The van der Waals surface area contributed by atoms with Crippen molar-refractivity contribution < 1.29 is 9.47 Å². The summed E-state index contributed by atoms with van der Waals surface area (Å²) in [5, 5.41) is 1.40. The minimum Gasteiger partial charge on any atom is -0.497 e. The monoisotopic (exact) mass is 403 g/mol. The molecule has 3 atom stereocenters. The van der Waals surface area contributed by atoms with Crippen LogP contribution in [0.5, 0.6) is 11.5 Å². The SMILES string of the molecule is COc1ccc([C@@H]2N3CCCC[C@@H]3[C@H]3c4[nH]c5ccccc5c4CCN23)c(OC)c1. The van der Waals surface area contributed by atoms with Gasteiger partial charge in [-0.05, 0) is 43.0 Å². The first kappa shape index (κ1) is 18.3. The number of ether oxygens (including phenoxy) is 2. The van der Waals surface area contributed by atoms with E-state index in [9.17, 15) is 0 Å². The highest BCUT2D eigenvalue weighted by Gasteiger charge is 2.52. The summed E-state index contributed by atoms with van der Waals surface area (Å²) in [6.07, 6.45) is 5.18. The van der Waals surface area contributed by atoms with E-state index in [1.54, 1.807) is 14.2 Å². The highest BCUT2D eigenvalue weighted by molar-refractivity contribution is 5.85. The summed E-state index contributed by atoms with van der Waals surface area (Å²) >= 11 is 0. The molecule has 2 aromatic carbocycles. The Morgan fingerprint density at radius 3 is 2.73 bits per heavy atom. The molecule has 5 nitrogen and oxygen atoms in total. The fourth-order valence-electron chi connectivity index (χ4n) is 6.18. The van der Waals surface area contributed by atoms with Gasteiger partial charge in [0, 0.05) is 47.4 Å². The minimum atomic E-state index is 0.251. The topological polar surface area (TPSA) is 40.7 Å². The van der Waals surface area contributed by atoms with E-state index in [0.29, 0.717) is 12.1 Å². The van der Waals surface area contributed by atoms with Crippen LogP contribution >= 0.6 is 0 Å². The maximum atomic E-state index is 5.84. The van der Waals surface area contributed by atoms with Gasteiger partial charge in [-0.15, -0.1) is 0 Å². The van der Waals surface area contributed by atoms with Crippen LogP contribution in [0.15, 0.2) is 42.5 Å². The van der Waals surface area contributed by atoms with Crippen LogP contribution in [0.4, 0.5) is 0 Å². The number of para-hydroxylation sites is 1. The Labute approximate surface area is 177 Å². The molecule has 6 rings (SSSR count). The molecule has 3 aliphatic heterocycles. The van der Waals surface area contributed by atoms with Crippen LogP contribution in [0.3, 0.4) is 0 Å². The van der Waals surface area contributed by atoms with Gasteiger partial charge in [0.1, 0.15) is 11.5 Å². The largest absolute Gasteiger partial charge is 0.497 e. The molecule has 1 aromatic heterocycles. The second kappa shape index (κ2) is 7.03. The van der Waals surface area contributed by atoms with Crippen molar-refractivity contribution in [3.63, 3.8) is 0 Å². The average Bonchev–Trinajstić information content (AvgIpc) is 3.34. The second-order valence-electron chi connectivity index (χ2n) is 8.78. The Kier molecular flexibility index (Phi) is 4.29. The Balaban J connectivity index is 1.49. The van der Waals surface area contributed by atoms with Gasteiger partial charge in [-0.1, -0.05) is 24.6 Å². The first-order chi connectivity index (χ1) is 14.8. The molecule has 4 heterocycles. The fourth-order valence-corrected chi connectivity index (χ4v) is 6.18. The van der Waals surface area contributed by atoms with Crippen LogP contribution in [0.1, 0.15) is 48.3 Å². The number of methoxy groups -OCH3 is 2. The van der Waals surface area contributed by atoms with Gasteiger partial charge in [-0.2, -0.15) is 0 Å². The molecule has 0 radical (unpaired) electrons. The van der Waals surface area contributed by atoms with Crippen molar-refractivity contribution in [1.82, 2.24) is 14.8 Å². The zero-order valence-electron chi connectivity index (χ0n) is 17.7. The smallest absolute Gasteiger partial charge is 0.128 e. The number of H-pyrrole nitrogens is 1. The van der Waals surface area contributed by atoms with Gasteiger partial charge < -0.3 is 14.5 Å². The molecule has 1 N–H and O–H groups in total. The van der Waals surface area contributed by atoms with Crippen molar-refractivity contribution in [1.29, 1.82) is 0 Å². The van der Waals surface area contributed by atoms with E-state index in [0.717, 1.165) is 31.0 Å². The van der Waals surface area contributed by atoms with Crippen LogP contribution in [0.25, 0.3) is 10.9 Å². The Bertz CT molecular complexity index is 1090. The van der Waals surface area contributed by atoms with E-state index in [2.05, 4.69) is 51.2 Å². The van der Waals surface area contributed by atoms with E-state index in [4.69, 9.17) is 9.47 Å². The number of nitrogens with zero attached hydrogens (tertiary/aromatic N) is 2. The normalized spacial score (nSPS) is 26.3. The van der Waals surface area contributed by atoms with Crippen molar-refractivity contribution in [2.45, 2.75) is 43.9 Å². The standard InChI is InChI=1S/C25H29N3O2/c1-29-16-10-11-19(22(15-16)30-2)25-27-13-6-5-9-21(27)24-23-18(12-14-28(24)25)17-7-3-4-8-20(17)26-23/h3-4,7-8,10-11,15,21,24-26H,5-6,9,12-14H2,1-2H3/t21-,24+,25-/m1/s1. The van der Waals surface area contributed by atoms with Crippen LogP contribution in [0.2, 0.25) is 0 Å². The molecule has 30 heavy (non-hydrogen) atoms. The first-order valence-corrected chi connectivity index (χ1v) is 11.1. The zero-order valence-corrected chi connectivity index (χ0v) is 17.7. The number of hydrogen-bond donors (Lipinski definition) is 1. The molecule has 3 aliphatic rings. The molecule has 2 saturated heterocycles. The number of benzene rings is 2. The number of fused-ring (bicyclic) bond motifs is 7. The molecular weight excluding hydrogens is 374 g/mol. The van der Waals surface area contributed by atoms with Crippen LogP contribution in [0, 0.1) is 0 Å². The molecule has 0 spiro atoms. The lowest BCUT2D eigenvalue weighted by Crippen LogP contribution is -2.38. The van der Waals surface area contributed by atoms with Crippen molar-refractivity contribution in [2.24, 2.45) is 0 Å². The second-order valence-corrected chi connectivity index (χ2v) is 8.78. The summed E-state index contributed by atoms with van der Waals surface area (Å²) < 4.78 is 11.3. The Hall–Kier alpha value is -2.50. The molecule has 0 bridgehead atoms. The van der Waals surface area contributed by atoms with E-state index >= 15 is 0 Å². The van der Waals surface area contributed by atoms with Gasteiger partial charge in [0.25, 0.3) is 0 Å². The van der Waals surface area contributed by atoms with E-state index in [1.807, 2.05) is 6.07 Å². The fraction of sp³-hybridized carbons (Fsp3) is 0.440. The molecule has 0 amide bonds. The number of rotatable bonds is 3. The molecule has 0 unspecified atom stereocenters. The number of aromatic nitrogens is 1. The summed E-state index contributed by atoms with van der Waals surface area (Å²) in [6, 6.07) is 16.1. The lowest BCUT2D eigenvalue weighted by molar-refractivity contribution is 0.0953. The summed E-state index contributed by atoms with van der Waals surface area (Å²) in [4.78, 5) is 9.28. The lowest BCUT2D eigenvalue weighted by atomic mass is 9.90. The number of nitrogens with one attached hydrogen (secondary N) is 1. The van der Waals surface area contributed by atoms with Crippen molar-refractivity contribution in [2.75, 3.05) is 27.3 Å².